The summed E-state index contributed by atoms with van der Waals surface area (Å²) < 4.78 is 12.1. The third-order valence-corrected chi connectivity index (χ3v) is 4.04. The van der Waals surface area contributed by atoms with Crippen LogP contribution in [0.25, 0.3) is 0 Å². The SMILES string of the molecule is C=CC1=C2/C(=C\C)Oc3ccccc3N2c2ccc(C)cc2O1.CC. The van der Waals surface area contributed by atoms with Gasteiger partial charge in [-0.15, -0.1) is 0 Å². The molecule has 0 saturated carbocycles. The number of anilines is 2. The lowest BCUT2D eigenvalue weighted by Crippen LogP contribution is -2.30. The van der Waals surface area contributed by atoms with Crippen molar-refractivity contribution < 1.29 is 9.47 Å². The van der Waals surface area contributed by atoms with E-state index in [1.165, 1.54) is 0 Å². The number of hydrogen-bond donors (Lipinski definition) is 0. The van der Waals surface area contributed by atoms with Gasteiger partial charge in [-0.2, -0.15) is 0 Å². The minimum Gasteiger partial charge on any atom is -0.453 e. The molecule has 2 aliphatic rings. The molecule has 2 heterocycles. The van der Waals surface area contributed by atoms with Crippen LogP contribution in [-0.2, 0) is 0 Å². The van der Waals surface area contributed by atoms with Crippen LogP contribution in [0.5, 0.6) is 11.5 Å². The summed E-state index contributed by atoms with van der Waals surface area (Å²) in [6.07, 6.45) is 3.68. The first-order chi connectivity index (χ1) is 12.2. The molecule has 128 valence electrons. The van der Waals surface area contributed by atoms with E-state index in [4.69, 9.17) is 9.47 Å². The molecule has 25 heavy (non-hydrogen) atoms. The smallest absolute Gasteiger partial charge is 0.154 e. The van der Waals surface area contributed by atoms with Gasteiger partial charge in [0.2, 0.25) is 0 Å². The highest BCUT2D eigenvalue weighted by atomic mass is 16.5. The van der Waals surface area contributed by atoms with Gasteiger partial charge in [0, 0.05) is 0 Å². The average Bonchev–Trinajstić information content (AvgIpc) is 2.67. The molecule has 0 radical (unpaired) electrons. The summed E-state index contributed by atoms with van der Waals surface area (Å²) in [5, 5.41) is 0. The first-order valence-corrected chi connectivity index (χ1v) is 8.62. The van der Waals surface area contributed by atoms with E-state index in [9.17, 15) is 0 Å². The molecule has 0 saturated heterocycles. The van der Waals surface area contributed by atoms with Gasteiger partial charge in [0.15, 0.2) is 23.0 Å². The third kappa shape index (κ3) is 2.72. The van der Waals surface area contributed by atoms with Crippen molar-refractivity contribution in [1.82, 2.24) is 0 Å². The molecule has 0 spiro atoms. The summed E-state index contributed by atoms with van der Waals surface area (Å²) in [6, 6.07) is 14.2. The molecule has 2 aromatic carbocycles. The summed E-state index contributed by atoms with van der Waals surface area (Å²) in [7, 11) is 0. The van der Waals surface area contributed by atoms with Gasteiger partial charge in [-0.1, -0.05) is 38.6 Å². The second-order valence-corrected chi connectivity index (χ2v) is 5.55. The highest BCUT2D eigenvalue weighted by Gasteiger charge is 2.35. The van der Waals surface area contributed by atoms with Crippen LogP contribution in [0.4, 0.5) is 11.4 Å². The van der Waals surface area contributed by atoms with E-state index in [1.807, 2.05) is 51.1 Å². The fraction of sp³-hybridized carbons (Fsp3) is 0.182. The van der Waals surface area contributed by atoms with Crippen molar-refractivity contribution in [3.63, 3.8) is 0 Å². The Morgan fingerprint density at radius 3 is 2.40 bits per heavy atom. The lowest BCUT2D eigenvalue weighted by atomic mass is 10.1. The van der Waals surface area contributed by atoms with Gasteiger partial charge in [0.05, 0.1) is 11.4 Å². The zero-order valence-electron chi connectivity index (χ0n) is 15.2. The van der Waals surface area contributed by atoms with Gasteiger partial charge >= 0.3 is 0 Å². The minimum atomic E-state index is 0.700. The molecular weight excluding hydrogens is 310 g/mol. The molecule has 0 unspecified atom stereocenters. The Morgan fingerprint density at radius 1 is 0.960 bits per heavy atom. The first-order valence-electron chi connectivity index (χ1n) is 8.62. The van der Waals surface area contributed by atoms with Gasteiger partial charge in [-0.3, -0.25) is 4.90 Å². The maximum atomic E-state index is 6.08. The number of hydrogen-bond acceptors (Lipinski definition) is 3. The molecule has 0 N–H and O–H groups in total. The molecule has 4 rings (SSSR count). The van der Waals surface area contributed by atoms with Gasteiger partial charge in [0.1, 0.15) is 5.70 Å². The zero-order chi connectivity index (χ0) is 18.0. The Balaban J connectivity index is 0.000000880. The topological polar surface area (TPSA) is 21.7 Å². The number of ether oxygens (including phenoxy) is 2. The van der Waals surface area contributed by atoms with Gasteiger partial charge in [-0.25, -0.2) is 0 Å². The number of allylic oxidation sites excluding steroid dienone is 2. The number of fused-ring (bicyclic) bond motifs is 5. The minimum absolute atomic E-state index is 0.700. The highest BCUT2D eigenvalue weighted by Crippen LogP contribution is 2.50. The van der Waals surface area contributed by atoms with Crippen molar-refractivity contribution in [2.75, 3.05) is 4.90 Å². The Hall–Kier alpha value is -2.94. The zero-order valence-corrected chi connectivity index (χ0v) is 15.2. The van der Waals surface area contributed by atoms with Crippen LogP contribution < -0.4 is 14.4 Å². The van der Waals surface area contributed by atoms with E-state index >= 15 is 0 Å². The van der Waals surface area contributed by atoms with Gasteiger partial charge < -0.3 is 9.47 Å². The number of rotatable bonds is 1. The maximum Gasteiger partial charge on any atom is 0.154 e. The van der Waals surface area contributed by atoms with E-state index in [0.29, 0.717) is 5.76 Å². The monoisotopic (exact) mass is 333 g/mol. The molecule has 0 aromatic heterocycles. The van der Waals surface area contributed by atoms with E-state index < -0.39 is 0 Å². The molecule has 0 amide bonds. The molecule has 0 atom stereocenters. The van der Waals surface area contributed by atoms with Crippen LogP contribution in [0.3, 0.4) is 0 Å². The molecule has 2 aliphatic heterocycles. The summed E-state index contributed by atoms with van der Waals surface area (Å²) >= 11 is 0. The first kappa shape index (κ1) is 16.9. The Labute approximate surface area is 149 Å². The maximum absolute atomic E-state index is 6.08. The molecule has 3 nitrogen and oxygen atoms in total. The van der Waals surface area contributed by atoms with Crippen LogP contribution >= 0.6 is 0 Å². The number of nitrogens with zero attached hydrogens (tertiary/aromatic N) is 1. The van der Waals surface area contributed by atoms with Crippen molar-refractivity contribution >= 4 is 11.4 Å². The van der Waals surface area contributed by atoms with Crippen LogP contribution in [0.2, 0.25) is 0 Å². The molecule has 0 fully saturated rings. The van der Waals surface area contributed by atoms with Gasteiger partial charge in [-0.05, 0) is 55.8 Å². The molecule has 2 aromatic rings. The Morgan fingerprint density at radius 2 is 1.68 bits per heavy atom. The fourth-order valence-corrected chi connectivity index (χ4v) is 3.00. The quantitative estimate of drug-likeness (QED) is 0.616. The lowest BCUT2D eigenvalue weighted by Gasteiger charge is -2.39. The second kappa shape index (κ2) is 6.89. The average molecular weight is 333 g/mol. The normalized spacial score (nSPS) is 15.8. The summed E-state index contributed by atoms with van der Waals surface area (Å²) in [5.41, 5.74) is 4.05. The van der Waals surface area contributed by atoms with E-state index in [-0.39, 0.29) is 0 Å². The predicted octanol–water partition coefficient (Wildman–Crippen LogP) is 6.25. The Bertz CT molecular complexity index is 877. The van der Waals surface area contributed by atoms with Crippen molar-refractivity contribution in [3.05, 3.63) is 84.0 Å². The van der Waals surface area contributed by atoms with Crippen molar-refractivity contribution in [3.8, 4) is 11.5 Å². The van der Waals surface area contributed by atoms with Crippen molar-refractivity contribution in [1.29, 1.82) is 0 Å². The molecule has 0 bridgehead atoms. The lowest BCUT2D eigenvalue weighted by molar-refractivity contribution is 0.384. The summed E-state index contributed by atoms with van der Waals surface area (Å²) in [5.74, 6) is 3.13. The van der Waals surface area contributed by atoms with Crippen LogP contribution in [0.15, 0.2) is 78.4 Å². The van der Waals surface area contributed by atoms with Crippen molar-refractivity contribution in [2.24, 2.45) is 0 Å². The third-order valence-electron chi connectivity index (χ3n) is 4.04. The van der Waals surface area contributed by atoms with E-state index in [2.05, 4.69) is 36.6 Å². The van der Waals surface area contributed by atoms with E-state index in [0.717, 1.165) is 39.9 Å². The predicted molar refractivity (Wildman–Crippen MR) is 103 cm³/mol. The second-order valence-electron chi connectivity index (χ2n) is 5.55. The molecule has 3 heteroatoms. The standard InChI is InChI=1S/C20H17NO2.C2H6/c1-4-16-20-17(5-2)23-19-12-13(3)10-11-15(19)21(20)14-8-6-7-9-18(14)22-16;1-2/h4-12H,2H2,1,3H3;1-2H3/b16-4+;. The van der Waals surface area contributed by atoms with Crippen LogP contribution in [-0.4, -0.2) is 0 Å². The van der Waals surface area contributed by atoms with Crippen LogP contribution in [0, 0.1) is 6.92 Å². The molecular formula is C22H23NO2. The number of benzene rings is 2. The largest absolute Gasteiger partial charge is 0.453 e. The van der Waals surface area contributed by atoms with Gasteiger partial charge in [0.25, 0.3) is 0 Å². The molecule has 0 aliphatic carbocycles. The van der Waals surface area contributed by atoms with Crippen molar-refractivity contribution in [2.45, 2.75) is 27.7 Å². The highest BCUT2D eigenvalue weighted by molar-refractivity contribution is 5.83. The number of aryl methyl sites for hydroxylation is 1. The van der Waals surface area contributed by atoms with Crippen LogP contribution in [0.1, 0.15) is 26.3 Å². The summed E-state index contributed by atoms with van der Waals surface area (Å²) in [4.78, 5) is 2.18. The summed E-state index contributed by atoms with van der Waals surface area (Å²) in [6.45, 7) is 11.9. The fourth-order valence-electron chi connectivity index (χ4n) is 3.00. The Kier molecular flexibility index (Phi) is 4.66. The van der Waals surface area contributed by atoms with E-state index in [1.54, 1.807) is 6.08 Å². The number of para-hydroxylation sites is 2.